The number of carbonyl (C=O) groups is 1. The second-order valence-electron chi connectivity index (χ2n) is 5.79. The molecule has 2 aromatic rings. The summed E-state index contributed by atoms with van der Waals surface area (Å²) in [5, 5.41) is 0. The topological polar surface area (TPSA) is 38.7 Å². The van der Waals surface area contributed by atoms with E-state index in [2.05, 4.69) is 69.5 Å². The van der Waals surface area contributed by atoms with Crippen LogP contribution < -0.4 is 0 Å². The molecule has 0 atom stereocenters. The molecular formula is C19H15BrINO2. The lowest BCUT2D eigenvalue weighted by atomic mass is 10.0. The fourth-order valence-electron chi connectivity index (χ4n) is 2.30. The van der Waals surface area contributed by atoms with Crippen LogP contribution in [0.15, 0.2) is 57.6 Å². The number of cyclic esters (lactones) is 1. The van der Waals surface area contributed by atoms with Crippen molar-refractivity contribution < 1.29 is 9.53 Å². The maximum Gasteiger partial charge on any atom is 0.363 e. The average molecular weight is 496 g/mol. The molecule has 3 rings (SSSR count). The fraction of sp³-hybridized carbons (Fsp3) is 0.158. The van der Waals surface area contributed by atoms with Crippen LogP contribution in [0.25, 0.3) is 6.08 Å². The molecule has 1 aliphatic heterocycles. The van der Waals surface area contributed by atoms with Crippen molar-refractivity contribution in [1.82, 2.24) is 0 Å². The summed E-state index contributed by atoms with van der Waals surface area (Å²) < 4.78 is 7.34. The molecule has 0 spiro atoms. The predicted octanol–water partition coefficient (Wildman–Crippen LogP) is 5.52. The molecule has 2 aromatic carbocycles. The molecule has 24 heavy (non-hydrogen) atoms. The first-order chi connectivity index (χ1) is 11.4. The van der Waals surface area contributed by atoms with Crippen LogP contribution in [0.5, 0.6) is 0 Å². The first-order valence-corrected chi connectivity index (χ1v) is 9.39. The van der Waals surface area contributed by atoms with E-state index in [-0.39, 0.29) is 0 Å². The summed E-state index contributed by atoms with van der Waals surface area (Å²) in [6.07, 6.45) is 1.75. The highest BCUT2D eigenvalue weighted by Crippen LogP contribution is 2.24. The van der Waals surface area contributed by atoms with E-state index in [9.17, 15) is 4.79 Å². The Kier molecular flexibility index (Phi) is 5.20. The highest BCUT2D eigenvalue weighted by atomic mass is 127. The minimum absolute atomic E-state index is 0.317. The summed E-state index contributed by atoms with van der Waals surface area (Å²) >= 11 is 5.71. The lowest BCUT2D eigenvalue weighted by Crippen LogP contribution is -2.05. The third-order valence-corrected chi connectivity index (χ3v) is 6.03. The Labute approximate surface area is 163 Å². The van der Waals surface area contributed by atoms with Crippen LogP contribution in [0.4, 0.5) is 0 Å². The summed E-state index contributed by atoms with van der Waals surface area (Å²) in [6, 6.07) is 13.8. The molecule has 5 heteroatoms. The summed E-state index contributed by atoms with van der Waals surface area (Å²) in [6.45, 7) is 4.30. The fourth-order valence-corrected chi connectivity index (χ4v) is 3.01. The van der Waals surface area contributed by atoms with Crippen LogP contribution in [0.2, 0.25) is 0 Å². The van der Waals surface area contributed by atoms with Crippen molar-refractivity contribution >= 4 is 56.5 Å². The number of hydrogen-bond donors (Lipinski definition) is 0. The minimum Gasteiger partial charge on any atom is -0.402 e. The van der Waals surface area contributed by atoms with Gasteiger partial charge in [-0.15, -0.1) is 0 Å². The van der Waals surface area contributed by atoms with Crippen LogP contribution in [0.1, 0.15) is 36.5 Å². The molecule has 0 amide bonds. The second-order valence-corrected chi connectivity index (χ2v) is 7.80. The van der Waals surface area contributed by atoms with Crippen molar-refractivity contribution in [3.05, 3.63) is 72.9 Å². The molecule has 1 heterocycles. The molecule has 0 saturated heterocycles. The zero-order valence-corrected chi connectivity index (χ0v) is 17.0. The van der Waals surface area contributed by atoms with Gasteiger partial charge in [-0.1, -0.05) is 38.1 Å². The lowest BCUT2D eigenvalue weighted by Gasteiger charge is -2.04. The number of benzene rings is 2. The number of aliphatic imine (C=N–C) groups is 1. The number of carbonyl (C=O) groups excluding carboxylic acids is 1. The van der Waals surface area contributed by atoms with Gasteiger partial charge in [0.1, 0.15) is 0 Å². The number of nitrogens with zero attached hydrogens (tertiary/aromatic N) is 1. The molecule has 3 nitrogen and oxygen atoms in total. The third kappa shape index (κ3) is 3.78. The Morgan fingerprint density at radius 3 is 2.50 bits per heavy atom. The van der Waals surface area contributed by atoms with Gasteiger partial charge >= 0.3 is 5.97 Å². The summed E-state index contributed by atoms with van der Waals surface area (Å²) in [5.74, 6) is 0.391. The molecule has 0 radical (unpaired) electrons. The number of esters is 1. The van der Waals surface area contributed by atoms with Gasteiger partial charge < -0.3 is 4.74 Å². The molecule has 1 aliphatic rings. The smallest absolute Gasteiger partial charge is 0.363 e. The number of hydrogen-bond acceptors (Lipinski definition) is 3. The standard InChI is InChI=1S/C19H15BrINO2/c1-11(2)13-5-3-12(4-6-13)9-17-19(23)24-18(22-17)14-7-8-16(21)15(20)10-14/h3-11H,1-2H3/b17-9-. The Hall–Kier alpha value is -1.47. The predicted molar refractivity (Wildman–Crippen MR) is 108 cm³/mol. The van der Waals surface area contributed by atoms with Gasteiger partial charge in [-0.2, -0.15) is 0 Å². The van der Waals surface area contributed by atoms with Gasteiger partial charge in [-0.05, 0) is 79.8 Å². The van der Waals surface area contributed by atoms with E-state index in [4.69, 9.17) is 4.74 Å². The summed E-state index contributed by atoms with van der Waals surface area (Å²) in [5.41, 5.74) is 3.28. The maximum atomic E-state index is 12.1. The number of rotatable bonds is 3. The van der Waals surface area contributed by atoms with Gasteiger partial charge in [0.25, 0.3) is 0 Å². The summed E-state index contributed by atoms with van der Waals surface area (Å²) in [4.78, 5) is 16.4. The zero-order valence-electron chi connectivity index (χ0n) is 13.2. The van der Waals surface area contributed by atoms with E-state index < -0.39 is 5.97 Å². The van der Waals surface area contributed by atoms with Crippen LogP contribution in [-0.2, 0) is 9.53 Å². The molecule has 0 N–H and O–H groups in total. The van der Waals surface area contributed by atoms with Gasteiger partial charge in [0.15, 0.2) is 5.70 Å². The van der Waals surface area contributed by atoms with Crippen LogP contribution in [0.3, 0.4) is 0 Å². The van der Waals surface area contributed by atoms with Gasteiger partial charge in [-0.25, -0.2) is 9.79 Å². The molecule has 0 aromatic heterocycles. The van der Waals surface area contributed by atoms with E-state index in [0.717, 1.165) is 19.2 Å². The van der Waals surface area contributed by atoms with Crippen molar-refractivity contribution in [2.45, 2.75) is 19.8 Å². The highest BCUT2D eigenvalue weighted by molar-refractivity contribution is 14.1. The van der Waals surface area contributed by atoms with Gasteiger partial charge in [0.05, 0.1) is 0 Å². The molecular weight excluding hydrogens is 481 g/mol. The van der Waals surface area contributed by atoms with E-state index in [1.54, 1.807) is 6.08 Å². The molecule has 0 fully saturated rings. The van der Waals surface area contributed by atoms with Crippen molar-refractivity contribution in [1.29, 1.82) is 0 Å². The third-order valence-electron chi connectivity index (χ3n) is 3.69. The SMILES string of the molecule is CC(C)c1ccc(/C=C2\N=C(c3ccc(I)c(Br)c3)OC2=O)cc1. The molecule has 0 unspecified atom stereocenters. The first-order valence-electron chi connectivity index (χ1n) is 7.52. The average Bonchev–Trinajstić information content (AvgIpc) is 2.91. The zero-order chi connectivity index (χ0) is 17.3. The number of ether oxygens (including phenoxy) is 1. The normalized spacial score (nSPS) is 15.8. The first kappa shape index (κ1) is 17.4. The Balaban J connectivity index is 1.89. The number of halogens is 2. The highest BCUT2D eigenvalue weighted by Gasteiger charge is 2.24. The Morgan fingerprint density at radius 2 is 1.88 bits per heavy atom. The molecule has 0 bridgehead atoms. The van der Waals surface area contributed by atoms with Crippen molar-refractivity contribution in [2.24, 2.45) is 4.99 Å². The monoisotopic (exact) mass is 495 g/mol. The molecule has 0 saturated carbocycles. The Morgan fingerprint density at radius 1 is 1.17 bits per heavy atom. The van der Waals surface area contributed by atoms with Crippen LogP contribution in [0, 0.1) is 3.57 Å². The van der Waals surface area contributed by atoms with Gasteiger partial charge in [-0.3, -0.25) is 0 Å². The van der Waals surface area contributed by atoms with Crippen molar-refractivity contribution in [3.63, 3.8) is 0 Å². The van der Waals surface area contributed by atoms with Crippen LogP contribution >= 0.6 is 38.5 Å². The molecule has 0 aliphatic carbocycles. The van der Waals surface area contributed by atoms with E-state index >= 15 is 0 Å². The maximum absolute atomic E-state index is 12.1. The van der Waals surface area contributed by atoms with Crippen LogP contribution in [-0.4, -0.2) is 11.9 Å². The summed E-state index contributed by atoms with van der Waals surface area (Å²) in [7, 11) is 0. The van der Waals surface area contributed by atoms with E-state index in [0.29, 0.717) is 17.5 Å². The van der Waals surface area contributed by atoms with Gasteiger partial charge in [0.2, 0.25) is 5.90 Å². The quantitative estimate of drug-likeness (QED) is 0.319. The lowest BCUT2D eigenvalue weighted by molar-refractivity contribution is -0.129. The van der Waals surface area contributed by atoms with Crippen molar-refractivity contribution in [2.75, 3.05) is 0 Å². The van der Waals surface area contributed by atoms with Crippen molar-refractivity contribution in [3.8, 4) is 0 Å². The van der Waals surface area contributed by atoms with Gasteiger partial charge in [0, 0.05) is 13.6 Å². The minimum atomic E-state index is -0.424. The second kappa shape index (κ2) is 7.19. The largest absolute Gasteiger partial charge is 0.402 e. The van der Waals surface area contributed by atoms with E-state index in [1.165, 1.54) is 5.56 Å². The Bertz CT molecular complexity index is 854. The van der Waals surface area contributed by atoms with E-state index in [1.807, 2.05) is 30.3 Å². The molecule has 122 valence electrons.